The first-order valence-electron chi connectivity index (χ1n) is 8.23. The minimum atomic E-state index is -0.456. The number of likely N-dealkylation sites (N-methyl/N-ethyl adjacent to an activating group) is 1. The number of carbonyl (C=O) groups is 1. The summed E-state index contributed by atoms with van der Waals surface area (Å²) in [5.41, 5.74) is 0.493. The van der Waals surface area contributed by atoms with E-state index in [1.165, 1.54) is 0 Å². The maximum Gasteiger partial charge on any atom is 0.410 e. The highest BCUT2D eigenvalue weighted by molar-refractivity contribution is 5.68. The van der Waals surface area contributed by atoms with Crippen LogP contribution in [-0.2, 0) is 4.74 Å². The third kappa shape index (κ3) is 4.89. The average molecular weight is 320 g/mol. The Kier molecular flexibility index (Phi) is 5.57. The maximum absolute atomic E-state index is 12.3. The summed E-state index contributed by atoms with van der Waals surface area (Å²) in [6.45, 7) is 9.27. The topological polar surface area (TPSA) is 58.6 Å². The van der Waals surface area contributed by atoms with E-state index in [1.54, 1.807) is 18.6 Å². The van der Waals surface area contributed by atoms with Crippen molar-refractivity contribution in [2.24, 2.45) is 0 Å². The Balaban J connectivity index is 1.99. The SMILES string of the molecule is CC(c1cnccn1)N(C)C1CCCN(C(=O)OC(C)(C)C)C1. The van der Waals surface area contributed by atoms with E-state index in [1.807, 2.05) is 25.7 Å². The molecule has 23 heavy (non-hydrogen) atoms. The summed E-state index contributed by atoms with van der Waals surface area (Å²) in [6, 6.07) is 0.459. The zero-order chi connectivity index (χ0) is 17.0. The van der Waals surface area contributed by atoms with Crippen LogP contribution >= 0.6 is 0 Å². The van der Waals surface area contributed by atoms with E-state index < -0.39 is 5.60 Å². The number of hydrogen-bond acceptors (Lipinski definition) is 5. The molecule has 0 bridgehead atoms. The number of piperidine rings is 1. The molecule has 0 radical (unpaired) electrons. The Morgan fingerprint density at radius 2 is 2.17 bits per heavy atom. The lowest BCUT2D eigenvalue weighted by atomic mass is 10.0. The summed E-state index contributed by atoms with van der Waals surface area (Å²) in [7, 11) is 2.09. The van der Waals surface area contributed by atoms with Crippen molar-refractivity contribution in [3.05, 3.63) is 24.3 Å². The van der Waals surface area contributed by atoms with Crippen molar-refractivity contribution >= 4 is 6.09 Å². The van der Waals surface area contributed by atoms with E-state index in [2.05, 4.69) is 28.8 Å². The molecule has 1 amide bonds. The lowest BCUT2D eigenvalue weighted by Crippen LogP contribution is -2.50. The third-order valence-electron chi connectivity index (χ3n) is 4.25. The largest absolute Gasteiger partial charge is 0.444 e. The molecule has 2 rings (SSSR count). The molecule has 0 aliphatic carbocycles. The second-order valence-electron chi connectivity index (χ2n) is 7.19. The summed E-state index contributed by atoms with van der Waals surface area (Å²) >= 11 is 0. The maximum atomic E-state index is 12.3. The van der Waals surface area contributed by atoms with Crippen LogP contribution in [0.2, 0.25) is 0 Å². The summed E-state index contributed by atoms with van der Waals surface area (Å²) in [4.78, 5) is 24.9. The van der Waals surface area contributed by atoms with Crippen molar-refractivity contribution in [3.8, 4) is 0 Å². The fourth-order valence-corrected chi connectivity index (χ4v) is 2.83. The van der Waals surface area contributed by atoms with Crippen molar-refractivity contribution in [2.75, 3.05) is 20.1 Å². The first kappa shape index (κ1) is 17.7. The average Bonchev–Trinajstić information content (AvgIpc) is 2.53. The van der Waals surface area contributed by atoms with Crippen LogP contribution in [0, 0.1) is 0 Å². The number of ether oxygens (including phenoxy) is 1. The third-order valence-corrected chi connectivity index (χ3v) is 4.25. The van der Waals surface area contributed by atoms with Gasteiger partial charge in [0.25, 0.3) is 0 Å². The number of hydrogen-bond donors (Lipinski definition) is 0. The van der Waals surface area contributed by atoms with Crippen molar-refractivity contribution in [2.45, 2.75) is 58.2 Å². The van der Waals surface area contributed by atoms with Gasteiger partial charge in [-0.15, -0.1) is 0 Å². The van der Waals surface area contributed by atoms with Gasteiger partial charge >= 0.3 is 6.09 Å². The lowest BCUT2D eigenvalue weighted by Gasteiger charge is -2.40. The zero-order valence-corrected chi connectivity index (χ0v) is 14.8. The smallest absolute Gasteiger partial charge is 0.410 e. The lowest BCUT2D eigenvalue weighted by molar-refractivity contribution is 0.00957. The molecule has 128 valence electrons. The van der Waals surface area contributed by atoms with Crippen LogP contribution in [0.3, 0.4) is 0 Å². The number of aromatic nitrogens is 2. The second-order valence-corrected chi connectivity index (χ2v) is 7.19. The van der Waals surface area contributed by atoms with Gasteiger partial charge in [-0.3, -0.25) is 14.9 Å². The number of nitrogens with zero attached hydrogens (tertiary/aromatic N) is 4. The molecule has 2 heterocycles. The van der Waals surface area contributed by atoms with Crippen molar-refractivity contribution in [1.29, 1.82) is 0 Å². The molecule has 1 saturated heterocycles. The van der Waals surface area contributed by atoms with E-state index in [0.29, 0.717) is 12.6 Å². The summed E-state index contributed by atoms with van der Waals surface area (Å²) in [5, 5.41) is 0. The first-order valence-corrected chi connectivity index (χ1v) is 8.23. The van der Waals surface area contributed by atoms with Gasteiger partial charge in [0.1, 0.15) is 5.60 Å². The molecular formula is C17H28N4O2. The van der Waals surface area contributed by atoms with Crippen LogP contribution in [0.4, 0.5) is 4.79 Å². The fourth-order valence-electron chi connectivity index (χ4n) is 2.83. The van der Waals surface area contributed by atoms with Gasteiger partial charge in [-0.05, 0) is 47.6 Å². The summed E-state index contributed by atoms with van der Waals surface area (Å²) < 4.78 is 5.50. The highest BCUT2D eigenvalue weighted by Gasteiger charge is 2.31. The second kappa shape index (κ2) is 7.25. The predicted octanol–water partition coefficient (Wildman–Crippen LogP) is 2.87. The van der Waals surface area contributed by atoms with Gasteiger partial charge in [0, 0.05) is 37.7 Å². The molecule has 6 heteroatoms. The van der Waals surface area contributed by atoms with Crippen molar-refractivity contribution in [1.82, 2.24) is 19.8 Å². The Bertz CT molecular complexity index is 515. The zero-order valence-electron chi connectivity index (χ0n) is 14.8. The minimum Gasteiger partial charge on any atom is -0.444 e. The van der Waals surface area contributed by atoms with Crippen LogP contribution < -0.4 is 0 Å². The molecule has 1 fully saturated rings. The molecule has 2 atom stereocenters. The number of amides is 1. The molecule has 1 aromatic rings. The van der Waals surface area contributed by atoms with E-state index in [-0.39, 0.29) is 12.1 Å². The van der Waals surface area contributed by atoms with E-state index in [9.17, 15) is 4.79 Å². The van der Waals surface area contributed by atoms with E-state index >= 15 is 0 Å². The van der Waals surface area contributed by atoms with Gasteiger partial charge < -0.3 is 9.64 Å². The van der Waals surface area contributed by atoms with Crippen LogP contribution in [0.5, 0.6) is 0 Å². The highest BCUT2D eigenvalue weighted by atomic mass is 16.6. The van der Waals surface area contributed by atoms with Crippen molar-refractivity contribution in [3.63, 3.8) is 0 Å². The number of likely N-dealkylation sites (tertiary alicyclic amines) is 1. The predicted molar refractivity (Wildman–Crippen MR) is 89.0 cm³/mol. The summed E-state index contributed by atoms with van der Waals surface area (Å²) in [5.74, 6) is 0. The molecule has 1 aromatic heterocycles. The van der Waals surface area contributed by atoms with Crippen LogP contribution in [0.1, 0.15) is 52.3 Å². The summed E-state index contributed by atoms with van der Waals surface area (Å²) in [6.07, 6.45) is 7.04. The van der Waals surface area contributed by atoms with Crippen LogP contribution in [0.25, 0.3) is 0 Å². The fraction of sp³-hybridized carbons (Fsp3) is 0.706. The van der Waals surface area contributed by atoms with Gasteiger partial charge in [-0.2, -0.15) is 0 Å². The minimum absolute atomic E-state index is 0.160. The quantitative estimate of drug-likeness (QED) is 0.857. The van der Waals surface area contributed by atoms with E-state index in [0.717, 1.165) is 25.1 Å². The van der Waals surface area contributed by atoms with E-state index in [4.69, 9.17) is 4.74 Å². The number of rotatable bonds is 3. The Morgan fingerprint density at radius 3 is 2.78 bits per heavy atom. The standard InChI is InChI=1S/C17H28N4O2/c1-13(15-11-18-8-9-19-15)20(5)14-7-6-10-21(12-14)16(22)23-17(2,3)4/h8-9,11,13-14H,6-7,10,12H2,1-5H3. The van der Waals surface area contributed by atoms with Gasteiger partial charge in [0.2, 0.25) is 0 Å². The van der Waals surface area contributed by atoms with Gasteiger partial charge in [-0.1, -0.05) is 0 Å². The normalized spacial score (nSPS) is 20.4. The highest BCUT2D eigenvalue weighted by Crippen LogP contribution is 2.24. The molecule has 1 aliphatic heterocycles. The monoisotopic (exact) mass is 320 g/mol. The molecule has 2 unspecified atom stereocenters. The molecule has 1 aliphatic rings. The Morgan fingerprint density at radius 1 is 1.43 bits per heavy atom. The molecule has 6 nitrogen and oxygen atoms in total. The molecular weight excluding hydrogens is 292 g/mol. The molecule has 0 saturated carbocycles. The first-order chi connectivity index (χ1) is 10.8. The molecule has 0 aromatic carbocycles. The Hall–Kier alpha value is -1.69. The van der Waals surface area contributed by atoms with Gasteiger partial charge in [0.05, 0.1) is 11.7 Å². The molecule has 0 N–H and O–H groups in total. The van der Waals surface area contributed by atoms with Crippen molar-refractivity contribution < 1.29 is 9.53 Å². The van der Waals surface area contributed by atoms with Crippen LogP contribution in [0.15, 0.2) is 18.6 Å². The van der Waals surface area contributed by atoms with Gasteiger partial charge in [-0.25, -0.2) is 4.79 Å². The Labute approximate surface area is 138 Å². The molecule has 0 spiro atoms. The van der Waals surface area contributed by atoms with Gasteiger partial charge in [0.15, 0.2) is 0 Å². The number of carbonyl (C=O) groups excluding carboxylic acids is 1. The van der Waals surface area contributed by atoms with Crippen LogP contribution in [-0.4, -0.2) is 57.6 Å².